The van der Waals surface area contributed by atoms with Crippen LogP contribution in [0, 0.1) is 0 Å². The van der Waals surface area contributed by atoms with Crippen molar-refractivity contribution in [2.45, 2.75) is 49.3 Å². The molecular formula is C32H35N5O5S. The van der Waals surface area contributed by atoms with Crippen LogP contribution < -0.4 is 21.2 Å². The standard InChI is InChI=1S/C25H29N5O3S.C7H6O2/c31-23-3-1-17-2-4-24(32)30-20(7-10-29(23)25(17)30)16-28-8-5-18(6-9-28)26-14-19-13-22-21(15-27-19)33-11-12-34-22;8-7(9)6-4-2-1-3-5-6/h1-4,13,15,18,20,26H,5-12,14,16H2;1-5H,(H,8,9). The van der Waals surface area contributed by atoms with Crippen LogP contribution in [0.25, 0.3) is 11.0 Å². The largest absolute Gasteiger partial charge is 0.490 e. The number of piperidine rings is 1. The van der Waals surface area contributed by atoms with Crippen molar-refractivity contribution in [2.24, 2.45) is 0 Å². The number of thioether (sulfide) groups is 1. The molecule has 2 N–H and O–H groups in total. The summed E-state index contributed by atoms with van der Waals surface area (Å²) in [6, 6.07) is 17.9. The average molecular weight is 602 g/mol. The van der Waals surface area contributed by atoms with Gasteiger partial charge in [0.25, 0.3) is 11.1 Å². The minimum atomic E-state index is -0.879. The predicted molar refractivity (Wildman–Crippen MR) is 166 cm³/mol. The SMILES string of the molecule is O=C(O)c1ccccc1.O=c1ccc2ccc(=O)n3c2n1CCC3CN1CCC(NCc2cc3c(cn2)OCCS3)CC1. The van der Waals surface area contributed by atoms with Gasteiger partial charge in [-0.15, -0.1) is 11.8 Å². The number of fused-ring (bicyclic) bond motifs is 1. The van der Waals surface area contributed by atoms with Crippen molar-refractivity contribution in [3.05, 3.63) is 98.8 Å². The Kier molecular flexibility index (Phi) is 8.92. The summed E-state index contributed by atoms with van der Waals surface area (Å²) >= 11 is 1.83. The van der Waals surface area contributed by atoms with E-state index in [1.807, 2.05) is 34.7 Å². The molecule has 1 saturated heterocycles. The molecule has 0 spiro atoms. The van der Waals surface area contributed by atoms with Gasteiger partial charge in [0, 0.05) is 48.9 Å². The van der Waals surface area contributed by atoms with Gasteiger partial charge in [0.05, 0.1) is 35.0 Å². The quantitative estimate of drug-likeness (QED) is 0.342. The lowest BCUT2D eigenvalue weighted by atomic mass is 10.0. The molecule has 43 heavy (non-hydrogen) atoms. The molecule has 0 aliphatic carbocycles. The Morgan fingerprint density at radius 1 is 1.00 bits per heavy atom. The van der Waals surface area contributed by atoms with Crippen LogP contribution >= 0.6 is 11.8 Å². The van der Waals surface area contributed by atoms with Gasteiger partial charge in [-0.05, 0) is 62.7 Å². The van der Waals surface area contributed by atoms with Crippen LogP contribution in [0.5, 0.6) is 5.75 Å². The Balaban J connectivity index is 0.000000315. The second-order valence-electron chi connectivity index (χ2n) is 11.0. The number of carboxylic acids is 1. The first kappa shape index (κ1) is 29.2. The Hall–Kier alpha value is -3.93. The predicted octanol–water partition coefficient (Wildman–Crippen LogP) is 3.63. The maximum Gasteiger partial charge on any atom is 0.335 e. The minimum absolute atomic E-state index is 0.0192. The molecule has 3 aliphatic heterocycles. The van der Waals surface area contributed by atoms with E-state index in [1.165, 1.54) is 4.90 Å². The van der Waals surface area contributed by atoms with E-state index in [1.54, 1.807) is 47.0 Å². The van der Waals surface area contributed by atoms with Crippen molar-refractivity contribution in [1.29, 1.82) is 0 Å². The number of nitrogens with one attached hydrogen (secondary N) is 1. The molecular weight excluding hydrogens is 566 g/mol. The number of hydrogen-bond acceptors (Lipinski definition) is 8. The van der Waals surface area contributed by atoms with Crippen molar-refractivity contribution >= 4 is 28.8 Å². The van der Waals surface area contributed by atoms with E-state index in [0.29, 0.717) is 18.2 Å². The molecule has 6 heterocycles. The fourth-order valence-corrected chi connectivity index (χ4v) is 6.87. The molecule has 3 aromatic heterocycles. The number of carboxylic acid groups (broad SMARTS) is 1. The highest BCUT2D eigenvalue weighted by Gasteiger charge is 2.27. The van der Waals surface area contributed by atoms with Crippen LogP contribution in [0.3, 0.4) is 0 Å². The number of benzene rings is 1. The smallest absolute Gasteiger partial charge is 0.335 e. The van der Waals surface area contributed by atoms with Crippen LogP contribution in [-0.2, 0) is 13.1 Å². The lowest BCUT2D eigenvalue weighted by Gasteiger charge is -2.37. The number of rotatable bonds is 6. The maximum absolute atomic E-state index is 12.8. The van der Waals surface area contributed by atoms with Crippen LogP contribution in [0.15, 0.2) is 81.3 Å². The number of aryl methyl sites for hydroxylation is 1. The van der Waals surface area contributed by atoms with Crippen LogP contribution in [0.4, 0.5) is 0 Å². The van der Waals surface area contributed by atoms with Crippen molar-refractivity contribution in [2.75, 3.05) is 32.0 Å². The maximum atomic E-state index is 12.8. The fraction of sp³-hybridized carbons (Fsp3) is 0.375. The van der Waals surface area contributed by atoms with Gasteiger partial charge in [0.2, 0.25) is 0 Å². The van der Waals surface area contributed by atoms with Gasteiger partial charge >= 0.3 is 5.97 Å². The van der Waals surface area contributed by atoms with E-state index in [9.17, 15) is 14.4 Å². The number of ether oxygens (including phenoxy) is 1. The van der Waals surface area contributed by atoms with Gasteiger partial charge in [-0.1, -0.05) is 18.2 Å². The highest BCUT2D eigenvalue weighted by Crippen LogP contribution is 2.32. The van der Waals surface area contributed by atoms with Gasteiger partial charge < -0.3 is 20.1 Å². The molecule has 4 aromatic rings. The molecule has 3 aliphatic rings. The minimum Gasteiger partial charge on any atom is -0.490 e. The monoisotopic (exact) mass is 601 g/mol. The molecule has 10 nitrogen and oxygen atoms in total. The number of aromatic carboxylic acids is 1. The van der Waals surface area contributed by atoms with E-state index in [0.717, 1.165) is 80.3 Å². The molecule has 0 bridgehead atoms. The zero-order chi connectivity index (χ0) is 29.8. The summed E-state index contributed by atoms with van der Waals surface area (Å²) in [6.45, 7) is 5.04. The van der Waals surface area contributed by atoms with Crippen molar-refractivity contribution < 1.29 is 14.6 Å². The first-order chi connectivity index (χ1) is 21.0. The summed E-state index contributed by atoms with van der Waals surface area (Å²) in [5.74, 6) is 1.01. The molecule has 1 unspecified atom stereocenters. The molecule has 7 rings (SSSR count). The van der Waals surface area contributed by atoms with Gasteiger partial charge in [0.15, 0.2) is 5.75 Å². The normalized spacial score (nSPS) is 18.3. The van der Waals surface area contributed by atoms with Gasteiger partial charge in [-0.2, -0.15) is 0 Å². The zero-order valence-corrected chi connectivity index (χ0v) is 24.7. The number of carbonyl (C=O) groups is 1. The summed E-state index contributed by atoms with van der Waals surface area (Å²) in [5.41, 5.74) is 2.11. The first-order valence-corrected chi connectivity index (χ1v) is 15.7. The second-order valence-corrected chi connectivity index (χ2v) is 12.2. The van der Waals surface area contributed by atoms with Crippen molar-refractivity contribution in [3.63, 3.8) is 0 Å². The summed E-state index contributed by atoms with van der Waals surface area (Å²) < 4.78 is 9.26. The van der Waals surface area contributed by atoms with Gasteiger partial charge in [0.1, 0.15) is 5.65 Å². The summed E-state index contributed by atoms with van der Waals surface area (Å²) in [4.78, 5) is 43.5. The van der Waals surface area contributed by atoms with Crippen LogP contribution in [0.2, 0.25) is 0 Å². The van der Waals surface area contributed by atoms with Crippen LogP contribution in [-0.4, -0.2) is 68.1 Å². The lowest BCUT2D eigenvalue weighted by molar-refractivity contribution is 0.0697. The number of hydrogen-bond donors (Lipinski definition) is 2. The number of likely N-dealkylation sites (tertiary alicyclic amines) is 1. The van der Waals surface area contributed by atoms with E-state index < -0.39 is 5.97 Å². The Morgan fingerprint density at radius 3 is 2.51 bits per heavy atom. The Labute approximate surface area is 253 Å². The third kappa shape index (κ3) is 6.69. The van der Waals surface area contributed by atoms with Crippen LogP contribution in [0.1, 0.15) is 41.4 Å². The molecule has 0 saturated carbocycles. The van der Waals surface area contributed by atoms with Crippen molar-refractivity contribution in [3.8, 4) is 5.75 Å². The number of nitrogens with zero attached hydrogens (tertiary/aromatic N) is 4. The summed E-state index contributed by atoms with van der Waals surface area (Å²) in [6.07, 6.45) is 4.80. The van der Waals surface area contributed by atoms with E-state index in [2.05, 4.69) is 21.3 Å². The van der Waals surface area contributed by atoms with E-state index >= 15 is 0 Å². The molecule has 1 atom stereocenters. The summed E-state index contributed by atoms with van der Waals surface area (Å²) in [7, 11) is 0. The fourth-order valence-electron chi connectivity index (χ4n) is 6.01. The number of aromatic nitrogens is 3. The highest BCUT2D eigenvalue weighted by atomic mass is 32.2. The molecule has 0 amide bonds. The third-order valence-electron chi connectivity index (χ3n) is 8.24. The Morgan fingerprint density at radius 2 is 1.77 bits per heavy atom. The van der Waals surface area contributed by atoms with Gasteiger partial charge in [-0.3, -0.25) is 23.7 Å². The molecule has 1 fully saturated rings. The van der Waals surface area contributed by atoms with Crippen molar-refractivity contribution in [1.82, 2.24) is 24.3 Å². The average Bonchev–Trinajstić information content (AvgIpc) is 3.04. The van der Waals surface area contributed by atoms with E-state index in [4.69, 9.17) is 9.84 Å². The molecule has 224 valence electrons. The Bertz CT molecular complexity index is 1710. The molecule has 0 radical (unpaired) electrons. The molecule has 11 heteroatoms. The second kappa shape index (κ2) is 13.2. The topological polar surface area (TPSA) is 119 Å². The molecule has 1 aromatic carbocycles. The summed E-state index contributed by atoms with van der Waals surface area (Å²) in [5, 5.41) is 13.0. The lowest BCUT2D eigenvalue weighted by Crippen LogP contribution is -2.46. The third-order valence-corrected chi connectivity index (χ3v) is 9.24. The number of pyridine rings is 3. The zero-order valence-electron chi connectivity index (χ0n) is 23.9. The highest BCUT2D eigenvalue weighted by molar-refractivity contribution is 7.99. The first-order valence-electron chi connectivity index (χ1n) is 14.7. The van der Waals surface area contributed by atoms with E-state index in [-0.39, 0.29) is 17.2 Å². The van der Waals surface area contributed by atoms with Gasteiger partial charge in [-0.25, -0.2) is 4.79 Å².